The number of unbranched alkanes of at least 4 members (excludes halogenated alkanes) is 6. The molecule has 0 atom stereocenters. The van der Waals surface area contributed by atoms with Crippen molar-refractivity contribution in [2.75, 3.05) is 0 Å². The molecule has 0 aromatic carbocycles. The molecule has 0 radical (unpaired) electrons. The van der Waals surface area contributed by atoms with Gasteiger partial charge in [0, 0.05) is 0 Å². The predicted octanol–water partition coefficient (Wildman–Crippen LogP) is 8.49. The van der Waals surface area contributed by atoms with Gasteiger partial charge in [0.1, 0.15) is 0 Å². The lowest BCUT2D eigenvalue weighted by Gasteiger charge is -1.97. The first-order valence-electron chi connectivity index (χ1n) is 10.2. The molecule has 0 heterocycles. The molecule has 0 amide bonds. The number of allylic oxidation sites excluding steroid dienone is 10. The van der Waals surface area contributed by atoms with Crippen molar-refractivity contribution in [2.24, 2.45) is 0 Å². The van der Waals surface area contributed by atoms with Gasteiger partial charge in [-0.2, -0.15) is 0 Å². The molecule has 0 saturated heterocycles. The van der Waals surface area contributed by atoms with Gasteiger partial charge in [0.15, 0.2) is 0 Å². The molecule has 0 aliphatic heterocycles. The van der Waals surface area contributed by atoms with E-state index in [9.17, 15) is 0 Å². The van der Waals surface area contributed by atoms with Gasteiger partial charge in [0.05, 0.1) is 0 Å². The van der Waals surface area contributed by atoms with Crippen molar-refractivity contribution in [3.8, 4) is 0 Å². The summed E-state index contributed by atoms with van der Waals surface area (Å²) in [6.45, 7) is 4.44. The van der Waals surface area contributed by atoms with Crippen LogP contribution in [0.25, 0.3) is 0 Å². The highest BCUT2D eigenvalue weighted by atomic mass is 13.9. The maximum absolute atomic E-state index is 2.35. The van der Waals surface area contributed by atoms with Crippen molar-refractivity contribution in [2.45, 2.75) is 90.9 Å². The maximum Gasteiger partial charge on any atom is -0.0169 e. The van der Waals surface area contributed by atoms with Crippen LogP contribution in [0.2, 0.25) is 0 Å². The Morgan fingerprint density at radius 3 is 1.33 bits per heavy atom. The van der Waals surface area contributed by atoms with E-state index in [0.717, 1.165) is 32.1 Å². The monoisotopic (exact) mass is 328 g/mol. The molecule has 0 aliphatic carbocycles. The summed E-state index contributed by atoms with van der Waals surface area (Å²) in [5.74, 6) is 0. The first-order valence-corrected chi connectivity index (χ1v) is 10.2. The molecule has 0 rings (SSSR count). The van der Waals surface area contributed by atoms with Crippen LogP contribution in [0.4, 0.5) is 0 Å². The molecule has 0 fully saturated rings. The van der Waals surface area contributed by atoms with E-state index >= 15 is 0 Å². The SMILES string of the molecule is CCC=CCC=CCC=CCC=CCC=CCCCCCCCC. The largest absolute Gasteiger partial charge is 0.0885 e. The van der Waals surface area contributed by atoms with Crippen LogP contribution in [-0.2, 0) is 0 Å². The molecule has 0 spiro atoms. The van der Waals surface area contributed by atoms with E-state index in [1.165, 1.54) is 44.9 Å². The van der Waals surface area contributed by atoms with E-state index in [-0.39, 0.29) is 0 Å². The third kappa shape index (κ3) is 20.7. The van der Waals surface area contributed by atoms with Gasteiger partial charge in [-0.25, -0.2) is 0 Å². The minimum atomic E-state index is 1.05. The summed E-state index contributed by atoms with van der Waals surface area (Å²) in [5.41, 5.74) is 0. The fraction of sp³-hybridized carbons (Fsp3) is 0.583. The van der Waals surface area contributed by atoms with E-state index < -0.39 is 0 Å². The van der Waals surface area contributed by atoms with Crippen LogP contribution in [0.1, 0.15) is 90.9 Å². The highest BCUT2D eigenvalue weighted by Crippen LogP contribution is 2.07. The fourth-order valence-electron chi connectivity index (χ4n) is 2.41. The van der Waals surface area contributed by atoms with Gasteiger partial charge < -0.3 is 0 Å². The zero-order valence-corrected chi connectivity index (χ0v) is 16.3. The van der Waals surface area contributed by atoms with Gasteiger partial charge in [-0.3, -0.25) is 0 Å². The van der Waals surface area contributed by atoms with Gasteiger partial charge in [-0.05, 0) is 44.9 Å². The van der Waals surface area contributed by atoms with Gasteiger partial charge in [-0.15, -0.1) is 0 Å². The Morgan fingerprint density at radius 2 is 0.833 bits per heavy atom. The zero-order valence-electron chi connectivity index (χ0n) is 16.3. The van der Waals surface area contributed by atoms with Crippen molar-refractivity contribution >= 4 is 0 Å². The lowest BCUT2D eigenvalue weighted by Crippen LogP contribution is -1.77. The van der Waals surface area contributed by atoms with Crippen molar-refractivity contribution < 1.29 is 0 Å². The minimum absolute atomic E-state index is 1.05. The van der Waals surface area contributed by atoms with E-state index in [4.69, 9.17) is 0 Å². The first-order chi connectivity index (χ1) is 11.9. The van der Waals surface area contributed by atoms with Crippen molar-refractivity contribution in [3.05, 3.63) is 60.8 Å². The van der Waals surface area contributed by atoms with E-state index in [1.54, 1.807) is 0 Å². The minimum Gasteiger partial charge on any atom is -0.0885 e. The lowest BCUT2D eigenvalue weighted by atomic mass is 10.1. The number of rotatable bonds is 16. The Balaban J connectivity index is 3.37. The number of hydrogen-bond acceptors (Lipinski definition) is 0. The summed E-state index contributed by atoms with van der Waals surface area (Å²) in [6, 6.07) is 0. The summed E-state index contributed by atoms with van der Waals surface area (Å²) in [5, 5.41) is 0. The van der Waals surface area contributed by atoms with E-state index in [2.05, 4.69) is 74.6 Å². The molecule has 24 heavy (non-hydrogen) atoms. The van der Waals surface area contributed by atoms with Gasteiger partial charge in [0.25, 0.3) is 0 Å². The predicted molar refractivity (Wildman–Crippen MR) is 112 cm³/mol. The lowest BCUT2D eigenvalue weighted by molar-refractivity contribution is 0.611. The molecule has 0 unspecified atom stereocenters. The van der Waals surface area contributed by atoms with Crippen LogP contribution < -0.4 is 0 Å². The van der Waals surface area contributed by atoms with Crippen molar-refractivity contribution in [1.29, 1.82) is 0 Å². The summed E-state index contributed by atoms with van der Waals surface area (Å²) in [4.78, 5) is 0. The summed E-state index contributed by atoms with van der Waals surface area (Å²) in [6.07, 6.45) is 37.6. The van der Waals surface area contributed by atoms with Gasteiger partial charge in [0.2, 0.25) is 0 Å². The van der Waals surface area contributed by atoms with E-state index in [0.29, 0.717) is 0 Å². The molecular formula is C24H40. The van der Waals surface area contributed by atoms with Crippen molar-refractivity contribution in [3.63, 3.8) is 0 Å². The van der Waals surface area contributed by atoms with Crippen LogP contribution in [-0.4, -0.2) is 0 Å². The van der Waals surface area contributed by atoms with Crippen LogP contribution in [0.5, 0.6) is 0 Å². The second kappa shape index (κ2) is 21.7. The van der Waals surface area contributed by atoms with Crippen LogP contribution in [0.15, 0.2) is 60.8 Å². The summed E-state index contributed by atoms with van der Waals surface area (Å²) < 4.78 is 0. The summed E-state index contributed by atoms with van der Waals surface area (Å²) >= 11 is 0. The van der Waals surface area contributed by atoms with E-state index in [1.807, 2.05) is 0 Å². The average molecular weight is 329 g/mol. The molecule has 0 bridgehead atoms. The van der Waals surface area contributed by atoms with Crippen molar-refractivity contribution in [1.82, 2.24) is 0 Å². The molecular weight excluding hydrogens is 288 g/mol. The standard InChI is InChI=1S/C24H40/c1-3-5-7-9-11-13-15-17-19-21-23-24-22-20-18-16-14-12-10-8-6-4-2/h5,7,11,13,17-20,23-24H,3-4,6,8-10,12,14-16,21-22H2,1-2H3. The Kier molecular flexibility index (Phi) is 20.5. The Morgan fingerprint density at radius 1 is 0.417 bits per heavy atom. The zero-order chi connectivity index (χ0) is 17.6. The quantitative estimate of drug-likeness (QED) is 0.197. The smallest absolute Gasteiger partial charge is 0.0169 e. The molecule has 0 nitrogen and oxygen atoms in total. The molecule has 0 aliphatic rings. The fourth-order valence-corrected chi connectivity index (χ4v) is 2.41. The molecule has 136 valence electrons. The van der Waals surface area contributed by atoms with Crippen LogP contribution in [0.3, 0.4) is 0 Å². The molecule has 0 N–H and O–H groups in total. The third-order valence-electron chi connectivity index (χ3n) is 3.88. The second-order valence-corrected chi connectivity index (χ2v) is 6.26. The van der Waals surface area contributed by atoms with Crippen LogP contribution in [0, 0.1) is 0 Å². The normalized spacial score (nSPS) is 12.9. The topological polar surface area (TPSA) is 0 Å². The highest BCUT2D eigenvalue weighted by molar-refractivity contribution is 5.00. The van der Waals surface area contributed by atoms with Gasteiger partial charge >= 0.3 is 0 Å². The first kappa shape index (κ1) is 22.7. The molecule has 0 aromatic heterocycles. The molecule has 0 saturated carbocycles. The Hall–Kier alpha value is -1.30. The average Bonchev–Trinajstić information content (AvgIpc) is 2.60. The highest BCUT2D eigenvalue weighted by Gasteiger charge is 1.87. The Bertz CT molecular complexity index is 365. The third-order valence-corrected chi connectivity index (χ3v) is 3.88. The van der Waals surface area contributed by atoms with Crippen LogP contribution >= 0.6 is 0 Å². The second-order valence-electron chi connectivity index (χ2n) is 6.26. The summed E-state index contributed by atoms with van der Waals surface area (Å²) in [7, 11) is 0. The molecule has 0 aromatic rings. The van der Waals surface area contributed by atoms with Gasteiger partial charge in [-0.1, -0.05) is 107 Å². The number of hydrogen-bond donors (Lipinski definition) is 0. The molecule has 0 heteroatoms. The maximum atomic E-state index is 2.35. The Labute approximate surface area is 152 Å².